The van der Waals surface area contributed by atoms with Crippen LogP contribution < -0.4 is 0 Å². The minimum absolute atomic E-state index is 0.786. The molecular weight excluding hydrogens is 145 g/mol. The Bertz CT molecular complexity index is 132. The first-order valence-electron chi connectivity index (χ1n) is 3.90. The molecule has 62 valence electrons. The zero-order chi connectivity index (χ0) is 8.20. The minimum Gasteiger partial charge on any atom is -0.307 e. The molecule has 0 fully saturated rings. The predicted octanol–water partition coefficient (Wildman–Crippen LogP) is 2.26. The molecule has 0 saturated carbocycles. The third kappa shape index (κ3) is 2.43. The summed E-state index contributed by atoms with van der Waals surface area (Å²) in [5, 5.41) is 0. The fourth-order valence-corrected chi connectivity index (χ4v) is 2.62. The van der Waals surface area contributed by atoms with Gasteiger partial charge in [-0.3, -0.25) is 4.67 Å². The highest BCUT2D eigenvalue weighted by molar-refractivity contribution is 7.60. The van der Waals surface area contributed by atoms with Crippen molar-refractivity contribution in [3.05, 3.63) is 0 Å². The molecule has 0 rings (SSSR count). The number of rotatable bonds is 4. The van der Waals surface area contributed by atoms with E-state index in [-0.39, 0.29) is 0 Å². The first kappa shape index (κ1) is 10.2. The van der Waals surface area contributed by atoms with E-state index in [9.17, 15) is 4.57 Å². The Morgan fingerprint density at radius 1 is 1.20 bits per heavy atom. The van der Waals surface area contributed by atoms with Crippen LogP contribution in [0.5, 0.6) is 0 Å². The van der Waals surface area contributed by atoms with E-state index >= 15 is 0 Å². The van der Waals surface area contributed by atoms with Crippen LogP contribution in [0.15, 0.2) is 0 Å². The van der Waals surface area contributed by atoms with Crippen LogP contribution in [0.4, 0.5) is 0 Å². The Hall–Kier alpha value is 0.190. The molecule has 0 bridgehead atoms. The summed E-state index contributed by atoms with van der Waals surface area (Å²) >= 11 is 0. The van der Waals surface area contributed by atoms with Crippen molar-refractivity contribution < 1.29 is 4.57 Å². The van der Waals surface area contributed by atoms with Gasteiger partial charge >= 0.3 is 0 Å². The maximum absolute atomic E-state index is 11.7. The van der Waals surface area contributed by atoms with E-state index in [0.29, 0.717) is 0 Å². The molecule has 0 radical (unpaired) electrons. The third-order valence-electron chi connectivity index (χ3n) is 1.92. The molecule has 2 nitrogen and oxygen atoms in total. The molecule has 0 amide bonds. The van der Waals surface area contributed by atoms with Crippen molar-refractivity contribution in [3.63, 3.8) is 0 Å². The molecule has 10 heavy (non-hydrogen) atoms. The van der Waals surface area contributed by atoms with Gasteiger partial charge in [-0.05, 0) is 0 Å². The van der Waals surface area contributed by atoms with Gasteiger partial charge in [0.1, 0.15) is 7.29 Å². The molecule has 0 aliphatic heterocycles. The number of nitrogens with zero attached hydrogens (tertiary/aromatic N) is 1. The van der Waals surface area contributed by atoms with Gasteiger partial charge < -0.3 is 4.57 Å². The molecule has 1 atom stereocenters. The average Bonchev–Trinajstić information content (AvgIpc) is 1.90. The first-order chi connectivity index (χ1) is 4.58. The third-order valence-corrected chi connectivity index (χ3v) is 4.85. The van der Waals surface area contributed by atoms with Gasteiger partial charge in [0.2, 0.25) is 0 Å². The molecule has 0 heterocycles. The smallest absolute Gasteiger partial charge is 0.147 e. The molecule has 0 spiro atoms. The molecule has 0 aromatic rings. The highest BCUT2D eigenvalue weighted by atomic mass is 31.2. The molecule has 0 saturated heterocycles. The number of hydrogen-bond acceptors (Lipinski definition) is 1. The Morgan fingerprint density at radius 3 is 1.70 bits per heavy atom. The van der Waals surface area contributed by atoms with Crippen molar-refractivity contribution in [1.82, 2.24) is 4.67 Å². The zero-order valence-electron chi connectivity index (χ0n) is 7.42. The van der Waals surface area contributed by atoms with Crippen LogP contribution in [0.2, 0.25) is 0 Å². The van der Waals surface area contributed by atoms with Gasteiger partial charge in [0, 0.05) is 25.9 Å². The maximum atomic E-state index is 11.7. The van der Waals surface area contributed by atoms with Crippen LogP contribution in [-0.2, 0) is 4.57 Å². The topological polar surface area (TPSA) is 20.3 Å². The summed E-state index contributed by atoms with van der Waals surface area (Å²) in [5.74, 6) is 0. The fourth-order valence-electron chi connectivity index (χ4n) is 1.02. The van der Waals surface area contributed by atoms with E-state index in [2.05, 4.69) is 13.8 Å². The van der Waals surface area contributed by atoms with Gasteiger partial charge in [0.15, 0.2) is 0 Å². The van der Waals surface area contributed by atoms with Gasteiger partial charge in [-0.2, -0.15) is 0 Å². The van der Waals surface area contributed by atoms with Crippen LogP contribution in [-0.4, -0.2) is 30.6 Å². The minimum atomic E-state index is -1.95. The van der Waals surface area contributed by atoms with Gasteiger partial charge in [-0.15, -0.1) is 0 Å². The quantitative estimate of drug-likeness (QED) is 0.592. The Labute approximate surface area is 64.0 Å². The summed E-state index contributed by atoms with van der Waals surface area (Å²) in [6, 6.07) is 0. The predicted molar refractivity (Wildman–Crippen MR) is 47.0 cm³/mol. The Kier molecular flexibility index (Phi) is 4.23. The van der Waals surface area contributed by atoms with E-state index in [1.807, 2.05) is 18.3 Å². The summed E-state index contributed by atoms with van der Waals surface area (Å²) in [6.07, 6.45) is 0.786. The lowest BCUT2D eigenvalue weighted by Gasteiger charge is -2.25. The van der Waals surface area contributed by atoms with Crippen molar-refractivity contribution >= 4 is 7.29 Å². The summed E-state index contributed by atoms with van der Waals surface area (Å²) in [6.45, 7) is 9.75. The molecule has 1 unspecified atom stereocenters. The van der Waals surface area contributed by atoms with Gasteiger partial charge in [-0.25, -0.2) is 0 Å². The molecule has 3 heteroatoms. The van der Waals surface area contributed by atoms with E-state index < -0.39 is 7.29 Å². The second kappa shape index (κ2) is 4.15. The largest absolute Gasteiger partial charge is 0.307 e. The van der Waals surface area contributed by atoms with E-state index in [1.54, 1.807) is 0 Å². The maximum Gasteiger partial charge on any atom is 0.147 e. The van der Waals surface area contributed by atoms with Crippen molar-refractivity contribution in [2.75, 3.05) is 25.9 Å². The van der Waals surface area contributed by atoms with Crippen molar-refractivity contribution in [1.29, 1.82) is 0 Å². The van der Waals surface area contributed by atoms with E-state index in [0.717, 1.165) is 19.3 Å². The molecule has 0 aliphatic carbocycles. The zero-order valence-corrected chi connectivity index (χ0v) is 8.32. The molecule has 0 N–H and O–H groups in total. The number of hydrogen-bond donors (Lipinski definition) is 0. The van der Waals surface area contributed by atoms with Crippen LogP contribution >= 0.6 is 7.29 Å². The van der Waals surface area contributed by atoms with Gasteiger partial charge in [0.25, 0.3) is 0 Å². The van der Waals surface area contributed by atoms with Crippen molar-refractivity contribution in [2.45, 2.75) is 20.8 Å². The summed E-state index contributed by atoms with van der Waals surface area (Å²) in [7, 11) is -1.95. The Morgan fingerprint density at radius 2 is 1.60 bits per heavy atom. The molecule has 0 aromatic carbocycles. The highest BCUT2D eigenvalue weighted by Crippen LogP contribution is 2.44. The molecule has 0 aromatic heterocycles. The fraction of sp³-hybridized carbons (Fsp3) is 1.00. The SMILES string of the molecule is CCN(CC)P(C)(=O)CC. The Balaban J connectivity index is 4.12. The van der Waals surface area contributed by atoms with Crippen LogP contribution in [0.3, 0.4) is 0 Å². The first-order valence-corrected chi connectivity index (χ1v) is 6.19. The van der Waals surface area contributed by atoms with Gasteiger partial charge in [-0.1, -0.05) is 20.8 Å². The summed E-state index contributed by atoms with van der Waals surface area (Å²) < 4.78 is 13.7. The average molecular weight is 163 g/mol. The lowest BCUT2D eigenvalue weighted by Crippen LogP contribution is -2.19. The summed E-state index contributed by atoms with van der Waals surface area (Å²) in [4.78, 5) is 0. The summed E-state index contributed by atoms with van der Waals surface area (Å²) in [5.41, 5.74) is 0. The van der Waals surface area contributed by atoms with Crippen molar-refractivity contribution in [3.8, 4) is 0 Å². The van der Waals surface area contributed by atoms with E-state index in [4.69, 9.17) is 0 Å². The molecular formula is C7H18NOP. The lowest BCUT2D eigenvalue weighted by molar-refractivity contribution is 0.448. The lowest BCUT2D eigenvalue weighted by atomic mass is 10.7. The van der Waals surface area contributed by atoms with E-state index in [1.165, 1.54) is 0 Å². The highest BCUT2D eigenvalue weighted by Gasteiger charge is 2.18. The standard InChI is InChI=1S/C7H18NOP/c1-5-8(6-2)10(4,9)7-3/h5-7H2,1-4H3. The van der Waals surface area contributed by atoms with Crippen LogP contribution in [0.25, 0.3) is 0 Å². The monoisotopic (exact) mass is 163 g/mol. The van der Waals surface area contributed by atoms with Crippen molar-refractivity contribution in [2.24, 2.45) is 0 Å². The molecule has 0 aliphatic rings. The van der Waals surface area contributed by atoms with Gasteiger partial charge in [0.05, 0.1) is 0 Å². The second-order valence-electron chi connectivity index (χ2n) is 2.51. The normalized spacial score (nSPS) is 17.3. The van der Waals surface area contributed by atoms with Crippen LogP contribution in [0, 0.1) is 0 Å². The second-order valence-corrected chi connectivity index (χ2v) is 5.81. The van der Waals surface area contributed by atoms with Crippen LogP contribution in [0.1, 0.15) is 20.8 Å².